The van der Waals surface area contributed by atoms with Crippen molar-refractivity contribution in [3.05, 3.63) is 80.9 Å². The number of carbonyl (C=O) groups is 2. The second-order valence-electron chi connectivity index (χ2n) is 14.3. The molecule has 2 aliphatic heterocycles. The molecule has 0 atom stereocenters. The summed E-state index contributed by atoms with van der Waals surface area (Å²) in [5.41, 5.74) is 6.27. The Balaban J connectivity index is 1.06. The first-order valence-corrected chi connectivity index (χ1v) is 18.6. The molecule has 4 aromatic rings. The molecule has 1 saturated carbocycles. The first kappa shape index (κ1) is 34.7. The molecule has 2 N–H and O–H groups in total. The number of aromatic nitrogens is 4. The summed E-state index contributed by atoms with van der Waals surface area (Å²) in [5.74, 6) is 0.823. The standard InChI is InChI=1S/C38H46Cl2N8O2/c1-23(2)48-19-17-32-30(22-48)42-36(46(32)4)38(50)44-28-15-9-13-26(34(28)40)25-12-8-14-27(33(25)39)43-37(49)35-41-29-21-47(18-16-31(29)45(35)3)20-24-10-6-5-7-11-24/h8-9,12-15,23-24H,5-7,10-11,16-22H2,1-4H3,(H,43,49)(H,44,50). The summed E-state index contributed by atoms with van der Waals surface area (Å²) in [6.45, 7) is 8.86. The molecule has 50 heavy (non-hydrogen) atoms. The van der Waals surface area contributed by atoms with E-state index in [4.69, 9.17) is 33.2 Å². The maximum Gasteiger partial charge on any atom is 0.291 e. The Morgan fingerprint density at radius 3 is 1.84 bits per heavy atom. The van der Waals surface area contributed by atoms with E-state index >= 15 is 0 Å². The van der Waals surface area contributed by atoms with Gasteiger partial charge >= 0.3 is 0 Å². The van der Waals surface area contributed by atoms with Gasteiger partial charge in [-0.25, -0.2) is 9.97 Å². The van der Waals surface area contributed by atoms with Crippen LogP contribution in [0.4, 0.5) is 11.4 Å². The van der Waals surface area contributed by atoms with Crippen LogP contribution in [0.25, 0.3) is 11.1 Å². The monoisotopic (exact) mass is 716 g/mol. The van der Waals surface area contributed by atoms with Crippen LogP contribution in [-0.4, -0.2) is 66.4 Å². The highest BCUT2D eigenvalue weighted by Crippen LogP contribution is 2.40. The minimum absolute atomic E-state index is 0.318. The maximum absolute atomic E-state index is 13.6. The third kappa shape index (κ3) is 6.83. The number of benzene rings is 2. The van der Waals surface area contributed by atoms with Gasteiger partial charge in [-0.15, -0.1) is 0 Å². The van der Waals surface area contributed by atoms with E-state index in [0.29, 0.717) is 50.2 Å². The van der Waals surface area contributed by atoms with Gasteiger partial charge in [0.05, 0.1) is 32.8 Å². The first-order chi connectivity index (χ1) is 24.1. The fourth-order valence-electron chi connectivity index (χ4n) is 7.90. The minimum atomic E-state index is -0.334. The molecule has 10 nitrogen and oxygen atoms in total. The zero-order chi connectivity index (χ0) is 35.1. The van der Waals surface area contributed by atoms with E-state index in [9.17, 15) is 9.59 Å². The van der Waals surface area contributed by atoms with Crippen molar-refractivity contribution < 1.29 is 9.59 Å². The number of rotatable bonds is 8. The maximum atomic E-state index is 13.6. The quantitative estimate of drug-likeness (QED) is 0.198. The topological polar surface area (TPSA) is 100 Å². The van der Waals surface area contributed by atoms with Gasteiger partial charge in [0.1, 0.15) is 0 Å². The Morgan fingerprint density at radius 2 is 1.30 bits per heavy atom. The molecule has 0 radical (unpaired) electrons. The molecule has 1 fully saturated rings. The number of hydrogen-bond donors (Lipinski definition) is 2. The third-order valence-electron chi connectivity index (χ3n) is 10.8. The highest BCUT2D eigenvalue weighted by molar-refractivity contribution is 6.40. The summed E-state index contributed by atoms with van der Waals surface area (Å²) in [6.07, 6.45) is 8.37. The van der Waals surface area contributed by atoms with E-state index in [1.54, 1.807) is 12.1 Å². The Labute approximate surface area is 304 Å². The summed E-state index contributed by atoms with van der Waals surface area (Å²) < 4.78 is 3.80. The molecule has 2 aromatic carbocycles. The van der Waals surface area contributed by atoms with Gasteiger partial charge in [0.2, 0.25) is 0 Å². The van der Waals surface area contributed by atoms with Crippen molar-refractivity contribution in [1.82, 2.24) is 28.9 Å². The molecule has 7 rings (SSSR count). The van der Waals surface area contributed by atoms with Crippen LogP contribution in [-0.2, 0) is 40.0 Å². The Hall–Kier alpha value is -3.70. The lowest BCUT2D eigenvalue weighted by molar-refractivity contribution is 0.100. The van der Waals surface area contributed by atoms with Crippen molar-refractivity contribution in [2.24, 2.45) is 20.0 Å². The van der Waals surface area contributed by atoms with Crippen LogP contribution in [0.5, 0.6) is 0 Å². The fourth-order valence-corrected chi connectivity index (χ4v) is 8.45. The zero-order valence-electron chi connectivity index (χ0n) is 29.4. The second-order valence-corrected chi connectivity index (χ2v) is 15.1. The predicted molar refractivity (Wildman–Crippen MR) is 199 cm³/mol. The van der Waals surface area contributed by atoms with Crippen LogP contribution in [0.3, 0.4) is 0 Å². The van der Waals surface area contributed by atoms with Crippen molar-refractivity contribution in [3.8, 4) is 11.1 Å². The third-order valence-corrected chi connectivity index (χ3v) is 11.6. The smallest absolute Gasteiger partial charge is 0.291 e. The summed E-state index contributed by atoms with van der Waals surface area (Å²) in [6, 6.07) is 11.3. The van der Waals surface area contributed by atoms with E-state index in [0.717, 1.165) is 74.3 Å². The van der Waals surface area contributed by atoms with E-state index in [2.05, 4.69) is 34.3 Å². The minimum Gasteiger partial charge on any atom is -0.327 e. The van der Waals surface area contributed by atoms with Crippen molar-refractivity contribution in [3.63, 3.8) is 0 Å². The van der Waals surface area contributed by atoms with Gasteiger partial charge in [0.15, 0.2) is 11.6 Å². The van der Waals surface area contributed by atoms with Gasteiger partial charge in [-0.3, -0.25) is 19.4 Å². The number of fused-ring (bicyclic) bond motifs is 2. The predicted octanol–water partition coefficient (Wildman–Crippen LogP) is 7.34. The van der Waals surface area contributed by atoms with E-state index < -0.39 is 0 Å². The lowest BCUT2D eigenvalue weighted by Gasteiger charge is -2.32. The number of halogens is 2. The molecule has 3 aliphatic rings. The van der Waals surface area contributed by atoms with Crippen LogP contribution in [0.2, 0.25) is 10.0 Å². The van der Waals surface area contributed by atoms with Gasteiger partial charge in [0.25, 0.3) is 11.8 Å². The first-order valence-electron chi connectivity index (χ1n) is 17.8. The summed E-state index contributed by atoms with van der Waals surface area (Å²) in [4.78, 5) is 41.5. The largest absolute Gasteiger partial charge is 0.327 e. The molecule has 264 valence electrons. The Morgan fingerprint density at radius 1 is 0.780 bits per heavy atom. The molecular weight excluding hydrogens is 671 g/mol. The van der Waals surface area contributed by atoms with Crippen LogP contribution < -0.4 is 10.6 Å². The highest BCUT2D eigenvalue weighted by atomic mass is 35.5. The zero-order valence-corrected chi connectivity index (χ0v) is 30.9. The van der Waals surface area contributed by atoms with E-state index in [1.807, 2.05) is 47.5 Å². The number of hydrogen-bond acceptors (Lipinski definition) is 6. The number of carbonyl (C=O) groups excluding carboxylic acids is 2. The lowest BCUT2D eigenvalue weighted by atomic mass is 9.88. The second kappa shape index (κ2) is 14.5. The Bertz CT molecular complexity index is 1930. The van der Waals surface area contributed by atoms with Crippen LogP contribution in [0.1, 0.15) is 90.0 Å². The molecule has 4 heterocycles. The number of amides is 2. The van der Waals surface area contributed by atoms with Crippen LogP contribution in [0, 0.1) is 5.92 Å². The average molecular weight is 718 g/mol. The SMILES string of the molecule is CC(C)N1CCc2c(nc(C(=O)Nc3cccc(-c4cccc(NC(=O)c5nc6c(n5C)CCN(CC5CCCCC5)C6)c4Cl)c3Cl)n2C)C1. The highest BCUT2D eigenvalue weighted by Gasteiger charge is 2.29. The van der Waals surface area contributed by atoms with Gasteiger partial charge in [-0.05, 0) is 44.7 Å². The molecule has 0 bridgehead atoms. The fraction of sp³-hybridized carbons (Fsp3) is 0.474. The molecule has 0 unspecified atom stereocenters. The Kier molecular flexibility index (Phi) is 10.1. The molecule has 2 aromatic heterocycles. The normalized spacial score (nSPS) is 17.1. The lowest BCUT2D eigenvalue weighted by Crippen LogP contribution is -2.36. The van der Waals surface area contributed by atoms with Gasteiger partial charge in [-0.2, -0.15) is 0 Å². The molecule has 0 spiro atoms. The molecular formula is C38H46Cl2N8O2. The summed E-state index contributed by atoms with van der Waals surface area (Å²) >= 11 is 13.9. The van der Waals surface area contributed by atoms with Crippen molar-refractivity contribution >= 4 is 46.4 Å². The average Bonchev–Trinajstić information content (AvgIpc) is 3.62. The summed E-state index contributed by atoms with van der Waals surface area (Å²) in [7, 11) is 3.80. The van der Waals surface area contributed by atoms with Gasteiger partial charge < -0.3 is 19.8 Å². The van der Waals surface area contributed by atoms with Crippen LogP contribution >= 0.6 is 23.2 Å². The number of nitrogens with one attached hydrogen (secondary N) is 2. The van der Waals surface area contributed by atoms with Gasteiger partial charge in [-0.1, -0.05) is 66.7 Å². The molecule has 1 aliphatic carbocycles. The van der Waals surface area contributed by atoms with Crippen molar-refractivity contribution in [2.45, 2.75) is 77.9 Å². The number of anilines is 2. The molecule has 2 amide bonds. The van der Waals surface area contributed by atoms with E-state index in [1.165, 1.54) is 32.1 Å². The number of imidazole rings is 2. The van der Waals surface area contributed by atoms with Crippen molar-refractivity contribution in [2.75, 3.05) is 30.3 Å². The number of nitrogens with zero attached hydrogens (tertiary/aromatic N) is 6. The molecule has 0 saturated heterocycles. The summed E-state index contributed by atoms with van der Waals surface area (Å²) in [5, 5.41) is 6.65. The van der Waals surface area contributed by atoms with Gasteiger partial charge in [0, 0.05) is 88.2 Å². The van der Waals surface area contributed by atoms with E-state index in [-0.39, 0.29) is 11.8 Å². The van der Waals surface area contributed by atoms with Crippen molar-refractivity contribution in [1.29, 1.82) is 0 Å². The van der Waals surface area contributed by atoms with Crippen LogP contribution in [0.15, 0.2) is 36.4 Å². The molecule has 12 heteroatoms.